The van der Waals surface area contributed by atoms with Crippen molar-refractivity contribution in [3.8, 4) is 0 Å². The van der Waals surface area contributed by atoms with Crippen LogP contribution in [-0.2, 0) is 12.8 Å². The first kappa shape index (κ1) is 14.0. The van der Waals surface area contributed by atoms with Gasteiger partial charge in [-0.15, -0.1) is 10.2 Å². The number of halogens is 1. The summed E-state index contributed by atoms with van der Waals surface area (Å²) >= 11 is 6.17. The molecule has 0 spiro atoms. The molecule has 3 aromatic rings. The third-order valence-electron chi connectivity index (χ3n) is 3.82. The highest BCUT2D eigenvalue weighted by atomic mass is 35.5. The van der Waals surface area contributed by atoms with Crippen LogP contribution in [0.25, 0.3) is 5.65 Å². The molecule has 0 aliphatic rings. The first-order chi connectivity index (χ1) is 10.1. The normalized spacial score (nSPS) is 11.2. The second-order valence-electron chi connectivity index (χ2n) is 5.38. The molecule has 0 aliphatic carbocycles. The van der Waals surface area contributed by atoms with Gasteiger partial charge >= 0.3 is 0 Å². The van der Waals surface area contributed by atoms with Gasteiger partial charge in [0.2, 0.25) is 0 Å². The lowest BCUT2D eigenvalue weighted by Crippen LogP contribution is -2.04. The Bertz CT molecular complexity index is 807. The fraction of sp³-hybridized carbons (Fsp3) is 0.312. The molecule has 1 aromatic carbocycles. The summed E-state index contributed by atoms with van der Waals surface area (Å²) in [6, 6.07) is 8.50. The molecule has 2 aromatic heterocycles. The molecule has 0 radical (unpaired) electrons. The van der Waals surface area contributed by atoms with E-state index in [1.54, 1.807) is 4.52 Å². The number of rotatable bonds is 3. The van der Waals surface area contributed by atoms with Crippen molar-refractivity contribution < 1.29 is 0 Å². The minimum atomic E-state index is 0.511. The van der Waals surface area contributed by atoms with E-state index in [9.17, 15) is 0 Å². The number of aryl methyl sites for hydroxylation is 4. The van der Waals surface area contributed by atoms with Crippen molar-refractivity contribution in [1.82, 2.24) is 19.8 Å². The molecule has 0 saturated carbocycles. The van der Waals surface area contributed by atoms with E-state index in [0.717, 1.165) is 35.4 Å². The molecule has 21 heavy (non-hydrogen) atoms. The third kappa shape index (κ3) is 2.63. The van der Waals surface area contributed by atoms with Gasteiger partial charge in [-0.3, -0.25) is 0 Å². The molecule has 0 atom stereocenters. The van der Waals surface area contributed by atoms with Gasteiger partial charge in [-0.25, -0.2) is 0 Å². The second kappa shape index (κ2) is 5.45. The van der Waals surface area contributed by atoms with Gasteiger partial charge in [0.05, 0.1) is 0 Å². The summed E-state index contributed by atoms with van der Waals surface area (Å²) in [6.07, 6.45) is 1.70. The zero-order chi connectivity index (χ0) is 15.0. The summed E-state index contributed by atoms with van der Waals surface area (Å²) < 4.78 is 1.76. The van der Waals surface area contributed by atoms with Crippen LogP contribution in [0.1, 0.15) is 28.1 Å². The highest BCUT2D eigenvalue weighted by Gasteiger charge is 2.13. The summed E-state index contributed by atoms with van der Waals surface area (Å²) in [5.41, 5.74) is 5.34. The lowest BCUT2D eigenvalue weighted by Gasteiger charge is -2.05. The van der Waals surface area contributed by atoms with E-state index in [1.165, 1.54) is 11.1 Å². The van der Waals surface area contributed by atoms with Crippen molar-refractivity contribution in [3.05, 3.63) is 57.5 Å². The minimum absolute atomic E-state index is 0.511. The maximum atomic E-state index is 6.17. The van der Waals surface area contributed by atoms with Gasteiger partial charge in [0, 0.05) is 12.0 Å². The third-order valence-corrected chi connectivity index (χ3v) is 4.18. The molecule has 4 nitrogen and oxygen atoms in total. The topological polar surface area (TPSA) is 43.1 Å². The Balaban J connectivity index is 1.91. The Morgan fingerprint density at radius 2 is 1.86 bits per heavy atom. The van der Waals surface area contributed by atoms with E-state index >= 15 is 0 Å². The van der Waals surface area contributed by atoms with Crippen molar-refractivity contribution in [3.63, 3.8) is 0 Å². The lowest BCUT2D eigenvalue weighted by molar-refractivity contribution is 0.780. The van der Waals surface area contributed by atoms with Crippen LogP contribution >= 0.6 is 11.6 Å². The summed E-state index contributed by atoms with van der Waals surface area (Å²) in [6.45, 7) is 6.05. The maximum absolute atomic E-state index is 6.17. The highest BCUT2D eigenvalue weighted by molar-refractivity contribution is 6.30. The van der Waals surface area contributed by atoms with E-state index in [-0.39, 0.29) is 0 Å². The number of benzene rings is 1. The zero-order valence-corrected chi connectivity index (χ0v) is 13.1. The van der Waals surface area contributed by atoms with Gasteiger partial charge in [0.1, 0.15) is 0 Å². The summed E-state index contributed by atoms with van der Waals surface area (Å²) in [4.78, 5) is 0. The smallest absolute Gasteiger partial charge is 0.181 e. The predicted octanol–water partition coefficient (Wildman–Crippen LogP) is 3.49. The van der Waals surface area contributed by atoms with Gasteiger partial charge in [0.15, 0.2) is 16.6 Å². The van der Waals surface area contributed by atoms with Gasteiger partial charge in [-0.2, -0.15) is 9.61 Å². The lowest BCUT2D eigenvalue weighted by atomic mass is 10.1. The van der Waals surface area contributed by atoms with Crippen LogP contribution in [0.15, 0.2) is 24.3 Å². The van der Waals surface area contributed by atoms with Crippen molar-refractivity contribution in [2.24, 2.45) is 0 Å². The Hall–Kier alpha value is -1.94. The van der Waals surface area contributed by atoms with Crippen LogP contribution < -0.4 is 0 Å². The fourth-order valence-corrected chi connectivity index (χ4v) is 2.63. The molecule has 0 unspecified atom stereocenters. The van der Waals surface area contributed by atoms with Crippen molar-refractivity contribution in [2.75, 3.05) is 0 Å². The molecular formula is C16H17ClN4. The monoisotopic (exact) mass is 300 g/mol. The first-order valence-corrected chi connectivity index (χ1v) is 7.36. The van der Waals surface area contributed by atoms with Crippen LogP contribution in [0.5, 0.6) is 0 Å². The molecule has 3 rings (SSSR count). The first-order valence-electron chi connectivity index (χ1n) is 6.99. The molecule has 0 bridgehead atoms. The van der Waals surface area contributed by atoms with E-state index in [4.69, 9.17) is 11.6 Å². The molecular weight excluding hydrogens is 284 g/mol. The van der Waals surface area contributed by atoms with Crippen molar-refractivity contribution in [2.45, 2.75) is 33.6 Å². The number of fused-ring (bicyclic) bond motifs is 1. The largest absolute Gasteiger partial charge is 0.196 e. The molecule has 5 heteroatoms. The van der Waals surface area contributed by atoms with E-state index in [2.05, 4.69) is 46.5 Å². The van der Waals surface area contributed by atoms with Crippen LogP contribution in [0, 0.1) is 20.8 Å². The molecule has 0 fully saturated rings. The van der Waals surface area contributed by atoms with Gasteiger partial charge in [0.25, 0.3) is 0 Å². The van der Waals surface area contributed by atoms with Gasteiger partial charge in [-0.1, -0.05) is 41.4 Å². The fourth-order valence-electron chi connectivity index (χ4n) is 2.42. The summed E-state index contributed by atoms with van der Waals surface area (Å²) in [5, 5.41) is 13.4. The van der Waals surface area contributed by atoms with Crippen molar-refractivity contribution in [1.29, 1.82) is 0 Å². The Morgan fingerprint density at radius 1 is 1.05 bits per heavy atom. The maximum Gasteiger partial charge on any atom is 0.181 e. The molecule has 108 valence electrons. The molecule has 0 amide bonds. The van der Waals surface area contributed by atoms with Crippen LogP contribution in [0.4, 0.5) is 0 Å². The average Bonchev–Trinajstić information content (AvgIpc) is 2.86. The standard InChI is InChI=1S/C16H17ClN4/c1-10-5-4-6-13(9-10)7-8-14-18-19-16-12(3)11(2)15(17)20-21(14)16/h4-6,9H,7-8H2,1-3H3. The van der Waals surface area contributed by atoms with Crippen LogP contribution in [0.3, 0.4) is 0 Å². The highest BCUT2D eigenvalue weighted by Crippen LogP contribution is 2.20. The minimum Gasteiger partial charge on any atom is -0.196 e. The van der Waals surface area contributed by atoms with Gasteiger partial charge < -0.3 is 0 Å². The average molecular weight is 301 g/mol. The molecule has 0 saturated heterocycles. The van der Waals surface area contributed by atoms with E-state index in [0.29, 0.717) is 5.15 Å². The number of aromatic nitrogens is 4. The molecule has 0 N–H and O–H groups in total. The Labute approximate surface area is 128 Å². The van der Waals surface area contributed by atoms with Gasteiger partial charge in [-0.05, 0) is 38.3 Å². The SMILES string of the molecule is Cc1cccc(CCc2nnc3c(C)c(C)c(Cl)nn23)c1. The number of hydrogen-bond acceptors (Lipinski definition) is 3. The molecule has 2 heterocycles. The number of hydrogen-bond donors (Lipinski definition) is 0. The Morgan fingerprint density at radius 3 is 2.62 bits per heavy atom. The Kier molecular flexibility index (Phi) is 3.64. The molecule has 0 aliphatic heterocycles. The number of nitrogens with zero attached hydrogens (tertiary/aromatic N) is 4. The summed E-state index contributed by atoms with van der Waals surface area (Å²) in [5.74, 6) is 0.844. The van der Waals surface area contributed by atoms with Crippen molar-refractivity contribution >= 4 is 17.2 Å². The summed E-state index contributed by atoms with van der Waals surface area (Å²) in [7, 11) is 0. The quantitative estimate of drug-likeness (QED) is 0.743. The second-order valence-corrected chi connectivity index (χ2v) is 5.74. The predicted molar refractivity (Wildman–Crippen MR) is 83.9 cm³/mol. The van der Waals surface area contributed by atoms with E-state index < -0.39 is 0 Å². The van der Waals surface area contributed by atoms with Crippen LogP contribution in [0.2, 0.25) is 5.15 Å². The van der Waals surface area contributed by atoms with E-state index in [1.807, 2.05) is 13.8 Å². The zero-order valence-electron chi connectivity index (χ0n) is 12.4. The van der Waals surface area contributed by atoms with Crippen LogP contribution in [-0.4, -0.2) is 19.8 Å².